The summed E-state index contributed by atoms with van der Waals surface area (Å²) in [5.41, 5.74) is 2.80. The molecule has 1 N–H and O–H groups in total. The van der Waals surface area contributed by atoms with Crippen molar-refractivity contribution < 1.29 is 14.3 Å². The van der Waals surface area contributed by atoms with E-state index in [0.717, 1.165) is 29.5 Å². The number of rotatable bonds is 5. The van der Waals surface area contributed by atoms with Crippen molar-refractivity contribution in [3.8, 4) is 17.7 Å². The Bertz CT molecular complexity index is 1340. The summed E-state index contributed by atoms with van der Waals surface area (Å²) in [6, 6.07) is 9.76. The van der Waals surface area contributed by atoms with Crippen LogP contribution in [0.1, 0.15) is 50.3 Å². The Kier molecular flexibility index (Phi) is 7.58. The number of nitrogens with one attached hydrogen (secondary N) is 1. The molecule has 192 valence electrons. The van der Waals surface area contributed by atoms with Crippen molar-refractivity contribution in [2.75, 3.05) is 18.4 Å². The lowest BCUT2D eigenvalue weighted by Gasteiger charge is -2.33. The van der Waals surface area contributed by atoms with Crippen molar-refractivity contribution >= 4 is 29.2 Å². The molecule has 9 nitrogen and oxygen atoms in total. The molecule has 9 heteroatoms. The third-order valence-electron chi connectivity index (χ3n) is 5.95. The summed E-state index contributed by atoms with van der Waals surface area (Å²) in [7, 11) is 0. The number of benzene rings is 1. The first kappa shape index (κ1) is 25.9. The van der Waals surface area contributed by atoms with Gasteiger partial charge in [0.2, 0.25) is 11.8 Å². The van der Waals surface area contributed by atoms with Gasteiger partial charge in [-0.15, -0.1) is 0 Å². The molecule has 3 aromatic rings. The van der Waals surface area contributed by atoms with Crippen LogP contribution in [0.3, 0.4) is 0 Å². The van der Waals surface area contributed by atoms with Crippen LogP contribution in [0.2, 0.25) is 0 Å². The van der Waals surface area contributed by atoms with Gasteiger partial charge in [-0.3, -0.25) is 0 Å². The van der Waals surface area contributed by atoms with E-state index in [1.807, 2.05) is 65.0 Å². The molecule has 37 heavy (non-hydrogen) atoms. The van der Waals surface area contributed by atoms with Gasteiger partial charge < -0.3 is 19.7 Å². The highest BCUT2D eigenvalue weighted by Crippen LogP contribution is 2.33. The fourth-order valence-electron chi connectivity index (χ4n) is 4.26. The normalized spacial score (nSPS) is 14.5. The lowest BCUT2D eigenvalue weighted by molar-refractivity contribution is 0.0210. The Hall–Kier alpha value is -4.19. The number of carbonyl (C=O) groups excluding carboxylic acids is 1. The lowest BCUT2D eigenvalue weighted by Crippen LogP contribution is -2.44. The number of pyridine rings is 1. The molecule has 0 unspecified atom stereocenters. The summed E-state index contributed by atoms with van der Waals surface area (Å²) >= 11 is 0. The third kappa shape index (κ3) is 6.53. The van der Waals surface area contributed by atoms with E-state index in [2.05, 4.69) is 15.3 Å². The van der Waals surface area contributed by atoms with Gasteiger partial charge in [-0.25, -0.2) is 9.78 Å². The number of nitrogens with zero attached hydrogens (tertiary/aromatic N) is 5. The second kappa shape index (κ2) is 10.8. The first-order chi connectivity index (χ1) is 17.6. The zero-order chi connectivity index (χ0) is 26.6. The van der Waals surface area contributed by atoms with Crippen LogP contribution in [0.15, 0.2) is 36.5 Å². The second-order valence-electron chi connectivity index (χ2n) is 10.2. The minimum absolute atomic E-state index is 0.0994. The maximum Gasteiger partial charge on any atom is 0.410 e. The van der Waals surface area contributed by atoms with E-state index >= 15 is 0 Å². The fraction of sp³-hybridized carbons (Fsp3) is 0.393. The summed E-state index contributed by atoms with van der Waals surface area (Å²) < 4.78 is 11.8. The highest BCUT2D eigenvalue weighted by molar-refractivity contribution is 5.81. The average Bonchev–Trinajstić information content (AvgIpc) is 2.84. The van der Waals surface area contributed by atoms with Crippen LogP contribution in [0.5, 0.6) is 11.6 Å². The molecular formula is C28H32N6O3. The van der Waals surface area contributed by atoms with Crippen LogP contribution in [-0.2, 0) is 4.74 Å². The van der Waals surface area contributed by atoms with Gasteiger partial charge in [0, 0.05) is 31.4 Å². The number of amides is 1. The van der Waals surface area contributed by atoms with Gasteiger partial charge in [-0.05, 0) is 94.5 Å². The number of anilines is 1. The number of likely N-dealkylation sites (tertiary alicyclic amines) is 1. The third-order valence-corrected chi connectivity index (χ3v) is 5.95. The van der Waals surface area contributed by atoms with Crippen LogP contribution in [-0.4, -0.2) is 50.7 Å². The molecule has 1 aliphatic rings. The topological polar surface area (TPSA) is 113 Å². The van der Waals surface area contributed by atoms with Crippen molar-refractivity contribution in [3.63, 3.8) is 0 Å². The summed E-state index contributed by atoms with van der Waals surface area (Å²) in [4.78, 5) is 27.9. The van der Waals surface area contributed by atoms with E-state index in [1.165, 1.54) is 6.08 Å². The quantitative estimate of drug-likeness (QED) is 0.439. The Balaban J connectivity index is 1.53. The number of hydrogen-bond donors (Lipinski definition) is 1. The van der Waals surface area contributed by atoms with Crippen LogP contribution in [0.4, 0.5) is 10.7 Å². The van der Waals surface area contributed by atoms with Gasteiger partial charge in [-0.2, -0.15) is 15.2 Å². The average molecular weight is 501 g/mol. The number of aromatic nitrogens is 3. The Morgan fingerprint density at radius 2 is 1.89 bits per heavy atom. The van der Waals surface area contributed by atoms with Gasteiger partial charge >= 0.3 is 6.09 Å². The minimum atomic E-state index is -0.515. The number of carbonyl (C=O) groups is 1. The summed E-state index contributed by atoms with van der Waals surface area (Å²) in [5.74, 6) is 1.55. The Morgan fingerprint density at radius 1 is 1.19 bits per heavy atom. The van der Waals surface area contributed by atoms with Gasteiger partial charge in [0.1, 0.15) is 11.4 Å². The minimum Gasteiger partial charge on any atom is -0.444 e. The SMILES string of the molecule is Cc1cc(/C=C/C#N)cc(C)c1Oc1nc(NC2CCN(C(=O)OC(C)(C)C)CC2)nc2ncccc12. The predicted molar refractivity (Wildman–Crippen MR) is 142 cm³/mol. The van der Waals surface area contributed by atoms with E-state index in [4.69, 9.17) is 19.7 Å². The molecule has 1 amide bonds. The number of ether oxygens (including phenoxy) is 2. The monoisotopic (exact) mass is 500 g/mol. The molecular weight excluding hydrogens is 468 g/mol. The molecule has 1 aliphatic heterocycles. The van der Waals surface area contributed by atoms with Crippen LogP contribution < -0.4 is 10.1 Å². The molecule has 0 spiro atoms. The molecule has 0 aliphatic carbocycles. The maximum absolute atomic E-state index is 12.4. The van der Waals surface area contributed by atoms with Crippen LogP contribution >= 0.6 is 0 Å². The number of hydrogen-bond acceptors (Lipinski definition) is 8. The van der Waals surface area contributed by atoms with Crippen molar-refractivity contribution in [2.24, 2.45) is 0 Å². The van der Waals surface area contributed by atoms with Gasteiger partial charge in [0.15, 0.2) is 5.65 Å². The zero-order valence-electron chi connectivity index (χ0n) is 21.9. The van der Waals surface area contributed by atoms with E-state index in [0.29, 0.717) is 41.7 Å². The van der Waals surface area contributed by atoms with E-state index in [-0.39, 0.29) is 12.1 Å². The first-order valence-corrected chi connectivity index (χ1v) is 12.4. The van der Waals surface area contributed by atoms with Crippen molar-refractivity contribution in [2.45, 2.75) is 59.1 Å². The molecule has 0 saturated carbocycles. The fourth-order valence-corrected chi connectivity index (χ4v) is 4.26. The zero-order valence-corrected chi connectivity index (χ0v) is 21.9. The number of piperidine rings is 1. The van der Waals surface area contributed by atoms with E-state index < -0.39 is 5.60 Å². The Morgan fingerprint density at radius 3 is 2.54 bits per heavy atom. The predicted octanol–water partition coefficient (Wildman–Crippen LogP) is 5.78. The molecule has 3 heterocycles. The summed E-state index contributed by atoms with van der Waals surface area (Å²) in [6.07, 6.45) is 6.12. The first-order valence-electron chi connectivity index (χ1n) is 12.4. The molecule has 0 bridgehead atoms. The maximum atomic E-state index is 12.4. The largest absolute Gasteiger partial charge is 0.444 e. The van der Waals surface area contributed by atoms with E-state index in [9.17, 15) is 4.79 Å². The number of nitriles is 1. The second-order valence-corrected chi connectivity index (χ2v) is 10.2. The van der Waals surface area contributed by atoms with Crippen LogP contribution in [0.25, 0.3) is 17.1 Å². The van der Waals surface area contributed by atoms with Gasteiger partial charge in [0.05, 0.1) is 11.5 Å². The molecule has 0 atom stereocenters. The highest BCUT2D eigenvalue weighted by atomic mass is 16.6. The highest BCUT2D eigenvalue weighted by Gasteiger charge is 2.27. The van der Waals surface area contributed by atoms with Gasteiger partial charge in [0.25, 0.3) is 0 Å². The molecule has 0 radical (unpaired) electrons. The van der Waals surface area contributed by atoms with E-state index in [1.54, 1.807) is 17.2 Å². The molecule has 1 saturated heterocycles. The summed E-state index contributed by atoms with van der Waals surface area (Å²) in [6.45, 7) is 10.7. The standard InChI is InChI=1S/C28H32N6O3/c1-18-16-20(8-6-12-29)17-19(2)23(18)36-25-22-9-7-13-30-24(22)32-26(33-25)31-21-10-14-34(15-11-21)27(35)37-28(3,4)5/h6-9,13,16-17,21H,10-11,14-15H2,1-5H3,(H,30,31,32,33)/b8-6+. The van der Waals surface area contributed by atoms with Crippen molar-refractivity contribution in [1.29, 1.82) is 5.26 Å². The number of aryl methyl sites for hydroxylation is 2. The molecule has 1 aromatic carbocycles. The molecule has 4 rings (SSSR count). The van der Waals surface area contributed by atoms with Gasteiger partial charge in [-0.1, -0.05) is 0 Å². The lowest BCUT2D eigenvalue weighted by atomic mass is 10.1. The number of fused-ring (bicyclic) bond motifs is 1. The van der Waals surface area contributed by atoms with Crippen molar-refractivity contribution in [1.82, 2.24) is 19.9 Å². The number of allylic oxidation sites excluding steroid dienone is 1. The smallest absolute Gasteiger partial charge is 0.410 e. The van der Waals surface area contributed by atoms with Crippen LogP contribution in [0, 0.1) is 25.2 Å². The molecule has 1 fully saturated rings. The van der Waals surface area contributed by atoms with Crippen molar-refractivity contribution in [3.05, 3.63) is 53.2 Å². The molecule has 2 aromatic heterocycles. The summed E-state index contributed by atoms with van der Waals surface area (Å²) in [5, 5.41) is 12.9. The Labute approximate surface area is 217 Å².